The van der Waals surface area contributed by atoms with Crippen molar-refractivity contribution in [3.05, 3.63) is 78.4 Å². The quantitative estimate of drug-likeness (QED) is 0.556. The molecule has 0 saturated carbocycles. The first-order valence-corrected chi connectivity index (χ1v) is 12.0. The molecule has 4 rings (SSSR count). The number of benzene rings is 2. The molecule has 7 nitrogen and oxygen atoms in total. The number of piperidine rings is 1. The molecule has 2 aromatic carbocycles. The fourth-order valence-electron chi connectivity index (χ4n) is 3.88. The Morgan fingerprint density at radius 1 is 1.00 bits per heavy atom. The van der Waals surface area contributed by atoms with Gasteiger partial charge in [0, 0.05) is 42.7 Å². The van der Waals surface area contributed by atoms with Crippen molar-refractivity contribution >= 4 is 27.4 Å². The van der Waals surface area contributed by atoms with E-state index in [1.807, 2.05) is 24.5 Å². The molecule has 0 spiro atoms. The number of sulfonamides is 1. The molecule has 1 amide bonds. The standard InChI is InChI=1S/C24H24FN3O4S/c1-17(29)18-4-7-21(8-5-18)33(31,32)28-14-10-19(11-15-28)24(30)26-23-16-20(6-9-22(23)25)27-12-2-3-13-27/h2-9,12-13,16,19H,10-11,14-15H2,1H3,(H,26,30). The lowest BCUT2D eigenvalue weighted by Crippen LogP contribution is -2.41. The number of carbonyl (C=O) groups excluding carboxylic acids is 2. The van der Waals surface area contributed by atoms with Crippen molar-refractivity contribution in [3.63, 3.8) is 0 Å². The highest BCUT2D eigenvalue weighted by Gasteiger charge is 2.32. The van der Waals surface area contributed by atoms with Crippen molar-refractivity contribution in [3.8, 4) is 5.69 Å². The van der Waals surface area contributed by atoms with Gasteiger partial charge in [0.25, 0.3) is 0 Å². The van der Waals surface area contributed by atoms with Gasteiger partial charge >= 0.3 is 0 Å². The van der Waals surface area contributed by atoms with Crippen LogP contribution in [0.1, 0.15) is 30.1 Å². The Bertz CT molecular complexity index is 1260. The van der Waals surface area contributed by atoms with Gasteiger partial charge in [-0.3, -0.25) is 9.59 Å². The highest BCUT2D eigenvalue weighted by Crippen LogP contribution is 2.26. The number of nitrogens with one attached hydrogen (secondary N) is 1. The summed E-state index contributed by atoms with van der Waals surface area (Å²) in [6.45, 7) is 1.78. The summed E-state index contributed by atoms with van der Waals surface area (Å²) in [5.41, 5.74) is 1.25. The van der Waals surface area contributed by atoms with Gasteiger partial charge in [0.1, 0.15) is 5.82 Å². The molecule has 3 aromatic rings. The summed E-state index contributed by atoms with van der Waals surface area (Å²) in [5, 5.41) is 2.66. The molecule has 0 unspecified atom stereocenters. The third kappa shape index (κ3) is 4.89. The Labute approximate surface area is 191 Å². The topological polar surface area (TPSA) is 88.5 Å². The number of nitrogens with zero attached hydrogens (tertiary/aromatic N) is 2. The molecule has 0 atom stereocenters. The van der Waals surface area contributed by atoms with Gasteiger partial charge in [-0.05, 0) is 62.2 Å². The van der Waals surface area contributed by atoms with E-state index in [0.29, 0.717) is 24.1 Å². The molecule has 1 N–H and O–H groups in total. The summed E-state index contributed by atoms with van der Waals surface area (Å²) in [6.07, 6.45) is 4.30. The largest absolute Gasteiger partial charge is 0.324 e. The minimum absolute atomic E-state index is 0.0896. The first-order valence-electron chi connectivity index (χ1n) is 10.6. The second-order valence-electron chi connectivity index (χ2n) is 8.00. The van der Waals surface area contributed by atoms with Crippen LogP contribution in [0.2, 0.25) is 0 Å². The number of hydrogen-bond acceptors (Lipinski definition) is 4. The fourth-order valence-corrected chi connectivity index (χ4v) is 5.35. The van der Waals surface area contributed by atoms with E-state index in [4.69, 9.17) is 0 Å². The maximum absolute atomic E-state index is 14.3. The summed E-state index contributed by atoms with van der Waals surface area (Å²) in [5.74, 6) is -1.43. The third-order valence-corrected chi connectivity index (χ3v) is 7.75. The van der Waals surface area contributed by atoms with Crippen LogP contribution in [0.3, 0.4) is 0 Å². The number of Topliss-reactive ketones (excluding diaryl/α,β-unsaturated/α-hetero) is 1. The molecule has 172 valence electrons. The summed E-state index contributed by atoms with van der Waals surface area (Å²) >= 11 is 0. The van der Waals surface area contributed by atoms with Gasteiger partial charge in [0.05, 0.1) is 10.6 Å². The number of aromatic nitrogens is 1. The monoisotopic (exact) mass is 469 g/mol. The van der Waals surface area contributed by atoms with Crippen LogP contribution in [0.5, 0.6) is 0 Å². The van der Waals surface area contributed by atoms with Crippen LogP contribution in [0.25, 0.3) is 5.69 Å². The molecule has 1 saturated heterocycles. The van der Waals surface area contributed by atoms with Crippen LogP contribution in [-0.4, -0.2) is 42.1 Å². The van der Waals surface area contributed by atoms with Crippen molar-refractivity contribution < 1.29 is 22.4 Å². The Morgan fingerprint density at radius 2 is 1.64 bits per heavy atom. The average molecular weight is 470 g/mol. The first-order chi connectivity index (χ1) is 15.8. The van der Waals surface area contributed by atoms with Crippen molar-refractivity contribution in [2.45, 2.75) is 24.7 Å². The fraction of sp³-hybridized carbons (Fsp3) is 0.250. The van der Waals surface area contributed by atoms with E-state index >= 15 is 0 Å². The zero-order valence-corrected chi connectivity index (χ0v) is 18.9. The maximum Gasteiger partial charge on any atom is 0.243 e. The van der Waals surface area contributed by atoms with Crippen LogP contribution in [0, 0.1) is 11.7 Å². The number of ketones is 1. The Hall–Kier alpha value is -3.30. The highest BCUT2D eigenvalue weighted by molar-refractivity contribution is 7.89. The van der Waals surface area contributed by atoms with E-state index in [9.17, 15) is 22.4 Å². The van der Waals surface area contributed by atoms with Crippen molar-refractivity contribution in [2.24, 2.45) is 5.92 Å². The van der Waals surface area contributed by atoms with E-state index < -0.39 is 21.8 Å². The predicted octanol–water partition coefficient (Wildman–Crippen LogP) is 3.86. The van der Waals surface area contributed by atoms with Gasteiger partial charge in [0.15, 0.2) is 5.78 Å². The van der Waals surface area contributed by atoms with E-state index in [-0.39, 0.29) is 35.4 Å². The minimum atomic E-state index is -3.72. The average Bonchev–Trinajstić information content (AvgIpc) is 3.35. The number of hydrogen-bond donors (Lipinski definition) is 1. The van der Waals surface area contributed by atoms with Crippen LogP contribution in [0.4, 0.5) is 10.1 Å². The van der Waals surface area contributed by atoms with Gasteiger partial charge in [0.2, 0.25) is 15.9 Å². The summed E-state index contributed by atoms with van der Waals surface area (Å²) in [7, 11) is -3.72. The number of anilines is 1. The molecule has 33 heavy (non-hydrogen) atoms. The minimum Gasteiger partial charge on any atom is -0.324 e. The van der Waals surface area contributed by atoms with Crippen LogP contribution in [-0.2, 0) is 14.8 Å². The summed E-state index contributed by atoms with van der Waals surface area (Å²) < 4.78 is 43.3. The van der Waals surface area contributed by atoms with Gasteiger partial charge < -0.3 is 9.88 Å². The maximum atomic E-state index is 14.3. The number of carbonyl (C=O) groups is 2. The highest BCUT2D eigenvalue weighted by atomic mass is 32.2. The third-order valence-electron chi connectivity index (χ3n) is 5.83. The molecule has 9 heteroatoms. The van der Waals surface area contributed by atoms with Crippen molar-refractivity contribution in [1.29, 1.82) is 0 Å². The summed E-state index contributed by atoms with van der Waals surface area (Å²) in [6, 6.07) is 14.0. The van der Waals surface area contributed by atoms with Crippen LogP contribution >= 0.6 is 0 Å². The molecule has 0 aliphatic carbocycles. The zero-order chi connectivity index (χ0) is 23.6. The lowest BCUT2D eigenvalue weighted by atomic mass is 9.97. The SMILES string of the molecule is CC(=O)c1ccc(S(=O)(=O)N2CCC(C(=O)Nc3cc(-n4cccc4)ccc3F)CC2)cc1. The molecule has 1 aromatic heterocycles. The smallest absolute Gasteiger partial charge is 0.243 e. The lowest BCUT2D eigenvalue weighted by Gasteiger charge is -2.30. The van der Waals surface area contributed by atoms with Gasteiger partial charge in [-0.2, -0.15) is 4.31 Å². The van der Waals surface area contributed by atoms with Crippen LogP contribution in [0.15, 0.2) is 71.9 Å². The Kier molecular flexibility index (Phi) is 6.44. The van der Waals surface area contributed by atoms with Crippen LogP contribution < -0.4 is 5.32 Å². The number of halogens is 1. The molecular weight excluding hydrogens is 445 g/mol. The van der Waals surface area contributed by atoms with Crippen molar-refractivity contribution in [1.82, 2.24) is 8.87 Å². The Morgan fingerprint density at radius 3 is 2.24 bits per heavy atom. The second kappa shape index (κ2) is 9.29. The lowest BCUT2D eigenvalue weighted by molar-refractivity contribution is -0.120. The van der Waals surface area contributed by atoms with Gasteiger partial charge in [-0.15, -0.1) is 0 Å². The number of amides is 1. The second-order valence-corrected chi connectivity index (χ2v) is 9.94. The molecule has 1 aliphatic rings. The molecule has 1 aliphatic heterocycles. The predicted molar refractivity (Wildman–Crippen MR) is 122 cm³/mol. The molecule has 1 fully saturated rings. The van der Waals surface area contributed by atoms with E-state index in [1.165, 1.54) is 41.6 Å². The Balaban J connectivity index is 1.40. The van der Waals surface area contributed by atoms with Crippen molar-refractivity contribution in [2.75, 3.05) is 18.4 Å². The normalized spacial score (nSPS) is 15.3. The van der Waals surface area contributed by atoms with E-state index in [0.717, 1.165) is 0 Å². The molecule has 0 radical (unpaired) electrons. The van der Waals surface area contributed by atoms with E-state index in [2.05, 4.69) is 5.32 Å². The molecule has 0 bridgehead atoms. The molecule has 2 heterocycles. The van der Waals surface area contributed by atoms with Gasteiger partial charge in [-0.25, -0.2) is 12.8 Å². The van der Waals surface area contributed by atoms with E-state index in [1.54, 1.807) is 16.7 Å². The zero-order valence-electron chi connectivity index (χ0n) is 18.1. The van der Waals surface area contributed by atoms with Gasteiger partial charge in [-0.1, -0.05) is 12.1 Å². The molecular formula is C24H24FN3O4S. The summed E-state index contributed by atoms with van der Waals surface area (Å²) in [4.78, 5) is 24.3. The number of rotatable bonds is 6. The first kappa shape index (κ1) is 22.9.